The Morgan fingerprint density at radius 3 is 2.19 bits per heavy atom. The number of piperidine rings is 1. The molecule has 1 aromatic carbocycles. The van der Waals surface area contributed by atoms with Gasteiger partial charge in [-0.15, -0.1) is 0 Å². The lowest BCUT2D eigenvalue weighted by Crippen LogP contribution is -2.60. The Bertz CT molecular complexity index is 481. The maximum absolute atomic E-state index is 6.01. The van der Waals surface area contributed by atoms with E-state index in [1.54, 1.807) is 0 Å². The summed E-state index contributed by atoms with van der Waals surface area (Å²) in [6, 6.07) is 9.91. The highest BCUT2D eigenvalue weighted by molar-refractivity contribution is 7.80. The molecule has 1 aliphatic heterocycles. The van der Waals surface area contributed by atoms with E-state index in [1.807, 2.05) is 30.3 Å². The van der Waals surface area contributed by atoms with Crippen LogP contribution in [0.15, 0.2) is 30.3 Å². The molecule has 1 N–H and O–H groups in total. The van der Waals surface area contributed by atoms with E-state index in [0.29, 0.717) is 5.17 Å². The molecule has 0 unspecified atom stereocenters. The van der Waals surface area contributed by atoms with Gasteiger partial charge in [-0.2, -0.15) is 0 Å². The lowest BCUT2D eigenvalue weighted by atomic mass is 9.79. The van der Waals surface area contributed by atoms with Crippen LogP contribution in [0, 0.1) is 0 Å². The van der Waals surface area contributed by atoms with Crippen molar-refractivity contribution in [2.75, 3.05) is 12.4 Å². The molecule has 1 aromatic rings. The minimum absolute atomic E-state index is 0.106. The van der Waals surface area contributed by atoms with Gasteiger partial charge in [0, 0.05) is 29.6 Å². The van der Waals surface area contributed by atoms with Gasteiger partial charge in [-0.05, 0) is 59.1 Å². The van der Waals surface area contributed by atoms with E-state index in [2.05, 4.69) is 45.0 Å². The van der Waals surface area contributed by atoms with E-state index in [0.717, 1.165) is 18.5 Å². The summed E-state index contributed by atoms with van der Waals surface area (Å²) in [4.78, 5) is 2.44. The van der Waals surface area contributed by atoms with Gasteiger partial charge in [0.15, 0.2) is 0 Å². The topological polar surface area (TPSA) is 24.5 Å². The lowest BCUT2D eigenvalue weighted by Gasteiger charge is -2.53. The van der Waals surface area contributed by atoms with E-state index in [-0.39, 0.29) is 17.2 Å². The third-order valence-electron chi connectivity index (χ3n) is 4.56. The molecule has 116 valence electrons. The van der Waals surface area contributed by atoms with Crippen LogP contribution < -0.4 is 5.32 Å². The molecule has 3 nitrogen and oxygen atoms in total. The SMILES string of the molecule is CN1C(C)(C)CC(OC(=S)Nc2ccccc2)CC1(C)C. The van der Waals surface area contributed by atoms with Gasteiger partial charge in [0.1, 0.15) is 6.10 Å². The predicted molar refractivity (Wildman–Crippen MR) is 92.7 cm³/mol. The lowest BCUT2D eigenvalue weighted by molar-refractivity contribution is -0.0585. The molecule has 4 heteroatoms. The van der Waals surface area contributed by atoms with E-state index < -0.39 is 0 Å². The summed E-state index contributed by atoms with van der Waals surface area (Å²) in [5, 5.41) is 3.61. The Kier molecular flexibility index (Phi) is 4.59. The zero-order valence-electron chi connectivity index (χ0n) is 13.6. The number of hydrogen-bond acceptors (Lipinski definition) is 3. The van der Waals surface area contributed by atoms with Crippen molar-refractivity contribution in [2.45, 2.75) is 57.7 Å². The highest BCUT2D eigenvalue weighted by Crippen LogP contribution is 2.38. The summed E-state index contributed by atoms with van der Waals surface area (Å²) < 4.78 is 6.01. The minimum Gasteiger partial charge on any atom is -0.467 e. The number of anilines is 1. The third kappa shape index (κ3) is 3.95. The zero-order valence-corrected chi connectivity index (χ0v) is 14.5. The monoisotopic (exact) mass is 306 g/mol. The van der Waals surface area contributed by atoms with Crippen LogP contribution >= 0.6 is 12.2 Å². The van der Waals surface area contributed by atoms with Crippen molar-refractivity contribution < 1.29 is 4.74 Å². The summed E-state index contributed by atoms with van der Waals surface area (Å²) in [5.74, 6) is 0. The van der Waals surface area contributed by atoms with Gasteiger partial charge in [0.05, 0.1) is 0 Å². The number of thiocarbonyl (C=S) groups is 1. The molecule has 0 bridgehead atoms. The molecule has 0 saturated carbocycles. The van der Waals surface area contributed by atoms with Gasteiger partial charge >= 0.3 is 0 Å². The van der Waals surface area contributed by atoms with E-state index in [1.165, 1.54) is 0 Å². The molecular weight excluding hydrogens is 280 g/mol. The second-order valence-corrected chi connectivity index (χ2v) is 7.48. The van der Waals surface area contributed by atoms with Crippen molar-refractivity contribution in [1.82, 2.24) is 4.90 Å². The van der Waals surface area contributed by atoms with E-state index in [9.17, 15) is 0 Å². The summed E-state index contributed by atoms with van der Waals surface area (Å²) in [6.45, 7) is 9.05. The molecule has 2 rings (SSSR count). The molecule has 1 aliphatic rings. The highest BCUT2D eigenvalue weighted by Gasteiger charge is 2.44. The minimum atomic E-state index is 0.106. The van der Waals surface area contributed by atoms with Crippen molar-refractivity contribution >= 4 is 23.1 Å². The number of likely N-dealkylation sites (tertiary alicyclic amines) is 1. The first-order chi connectivity index (χ1) is 9.71. The van der Waals surface area contributed by atoms with E-state index >= 15 is 0 Å². The van der Waals surface area contributed by atoms with Gasteiger partial charge in [-0.3, -0.25) is 4.90 Å². The normalized spacial score (nSPS) is 21.8. The van der Waals surface area contributed by atoms with Gasteiger partial charge in [0.25, 0.3) is 5.17 Å². The first-order valence-corrected chi connectivity index (χ1v) is 7.88. The summed E-state index contributed by atoms with van der Waals surface area (Å²) in [5.41, 5.74) is 1.18. The maximum Gasteiger partial charge on any atom is 0.261 e. The maximum atomic E-state index is 6.01. The number of para-hydroxylation sites is 1. The number of hydrogen-bond donors (Lipinski definition) is 1. The Balaban J connectivity index is 1.98. The van der Waals surface area contributed by atoms with Crippen LogP contribution in [0.25, 0.3) is 0 Å². The summed E-state index contributed by atoms with van der Waals surface area (Å²) in [7, 11) is 2.19. The predicted octanol–water partition coefficient (Wildman–Crippen LogP) is 4.05. The van der Waals surface area contributed by atoms with Gasteiger partial charge in [-0.1, -0.05) is 18.2 Å². The molecule has 0 aliphatic carbocycles. The van der Waals surface area contributed by atoms with Crippen molar-refractivity contribution in [1.29, 1.82) is 0 Å². The number of ether oxygens (including phenoxy) is 1. The Morgan fingerprint density at radius 1 is 1.14 bits per heavy atom. The van der Waals surface area contributed by atoms with Gasteiger partial charge in [0.2, 0.25) is 0 Å². The molecule has 0 aromatic heterocycles. The number of rotatable bonds is 2. The fourth-order valence-electron chi connectivity index (χ4n) is 3.18. The molecule has 0 spiro atoms. The van der Waals surface area contributed by atoms with Crippen molar-refractivity contribution in [3.63, 3.8) is 0 Å². The van der Waals surface area contributed by atoms with E-state index in [4.69, 9.17) is 17.0 Å². The summed E-state index contributed by atoms with van der Waals surface area (Å²) in [6.07, 6.45) is 2.10. The van der Waals surface area contributed by atoms with Crippen LogP contribution in [0.5, 0.6) is 0 Å². The molecule has 0 atom stereocenters. The number of benzene rings is 1. The molecule has 21 heavy (non-hydrogen) atoms. The number of nitrogens with one attached hydrogen (secondary N) is 1. The number of nitrogens with zero attached hydrogens (tertiary/aromatic N) is 1. The molecule has 1 heterocycles. The van der Waals surface area contributed by atoms with Crippen LogP contribution in [-0.2, 0) is 4.74 Å². The molecular formula is C17H26N2OS. The Morgan fingerprint density at radius 2 is 1.67 bits per heavy atom. The van der Waals surface area contributed by atoms with Gasteiger partial charge < -0.3 is 10.1 Å². The van der Waals surface area contributed by atoms with Crippen LogP contribution in [0.2, 0.25) is 0 Å². The van der Waals surface area contributed by atoms with Crippen LogP contribution in [0.3, 0.4) is 0 Å². The molecule has 0 radical (unpaired) electrons. The zero-order chi connectivity index (χ0) is 15.7. The van der Waals surface area contributed by atoms with Crippen LogP contribution in [0.1, 0.15) is 40.5 Å². The largest absolute Gasteiger partial charge is 0.467 e. The first kappa shape index (κ1) is 16.2. The first-order valence-electron chi connectivity index (χ1n) is 7.47. The summed E-state index contributed by atoms with van der Waals surface area (Å²) >= 11 is 5.35. The quantitative estimate of drug-likeness (QED) is 0.833. The second-order valence-electron chi connectivity index (χ2n) is 7.11. The average molecular weight is 306 g/mol. The fourth-order valence-corrected chi connectivity index (χ4v) is 3.44. The van der Waals surface area contributed by atoms with Crippen molar-refractivity contribution in [3.8, 4) is 0 Å². The molecule has 1 saturated heterocycles. The molecule has 1 fully saturated rings. The smallest absolute Gasteiger partial charge is 0.261 e. The average Bonchev–Trinajstić information content (AvgIpc) is 2.36. The van der Waals surface area contributed by atoms with Gasteiger partial charge in [-0.25, -0.2) is 0 Å². The standard InChI is InChI=1S/C17H26N2OS/c1-16(2)11-14(12-17(3,4)19(16)5)20-15(21)18-13-9-7-6-8-10-13/h6-10,14H,11-12H2,1-5H3,(H,18,21). The van der Waals surface area contributed by atoms with Crippen molar-refractivity contribution in [2.24, 2.45) is 0 Å². The van der Waals surface area contributed by atoms with Crippen molar-refractivity contribution in [3.05, 3.63) is 30.3 Å². The fraction of sp³-hybridized carbons (Fsp3) is 0.588. The Labute approximate surface area is 133 Å². The third-order valence-corrected chi connectivity index (χ3v) is 4.76. The second kappa shape index (κ2) is 5.93. The van der Waals surface area contributed by atoms with Crippen LogP contribution in [0.4, 0.5) is 5.69 Å². The Hall–Kier alpha value is -1.13. The highest BCUT2D eigenvalue weighted by atomic mass is 32.1. The molecule has 0 amide bonds. The van der Waals surface area contributed by atoms with Crippen LogP contribution in [-0.4, -0.2) is 34.3 Å².